The number of aromatic nitrogens is 2. The van der Waals surface area contributed by atoms with Gasteiger partial charge in [0.15, 0.2) is 15.7 Å². The van der Waals surface area contributed by atoms with Gasteiger partial charge in [0, 0.05) is 6.54 Å². The van der Waals surface area contributed by atoms with Gasteiger partial charge in [-0.15, -0.1) is 0 Å². The Morgan fingerprint density at radius 3 is 2.91 bits per heavy atom. The van der Waals surface area contributed by atoms with E-state index in [1.165, 1.54) is 0 Å². The van der Waals surface area contributed by atoms with E-state index in [4.69, 9.17) is 9.26 Å². The maximum Gasteiger partial charge on any atom is 0.259 e. The highest BCUT2D eigenvalue weighted by Gasteiger charge is 2.25. The van der Waals surface area contributed by atoms with Gasteiger partial charge >= 0.3 is 0 Å². The largest absolute Gasteiger partial charge is 0.378 e. The first-order chi connectivity index (χ1) is 11.1. The van der Waals surface area contributed by atoms with E-state index >= 15 is 0 Å². The standard InChI is InChI=1S/C15H19N3O4S/c1-2-9-23(19,20)13-6-4-3-5-11(13)15-17-14(18-22-15)12-10-21-8-7-16-12/h3-6,12,16H,2,7-10H2,1H3. The molecule has 1 aliphatic rings. The molecule has 1 aromatic heterocycles. The molecule has 0 spiro atoms. The highest BCUT2D eigenvalue weighted by atomic mass is 32.2. The van der Waals surface area contributed by atoms with Crippen LogP contribution in [0.2, 0.25) is 0 Å². The fourth-order valence-corrected chi connectivity index (χ4v) is 4.04. The van der Waals surface area contributed by atoms with Crippen LogP contribution in [0.4, 0.5) is 0 Å². The second kappa shape index (κ2) is 6.77. The Hall–Kier alpha value is -1.77. The number of hydrogen-bond donors (Lipinski definition) is 1. The molecule has 0 amide bonds. The minimum absolute atomic E-state index is 0.0863. The molecule has 1 unspecified atom stereocenters. The van der Waals surface area contributed by atoms with Crippen molar-refractivity contribution >= 4 is 9.84 Å². The van der Waals surface area contributed by atoms with Gasteiger partial charge in [0.05, 0.1) is 35.5 Å². The van der Waals surface area contributed by atoms with Crippen molar-refractivity contribution in [3.05, 3.63) is 30.1 Å². The van der Waals surface area contributed by atoms with Crippen molar-refractivity contribution in [2.45, 2.75) is 24.3 Å². The number of rotatable bonds is 5. The van der Waals surface area contributed by atoms with Crippen molar-refractivity contribution < 1.29 is 17.7 Å². The van der Waals surface area contributed by atoms with Gasteiger partial charge in [0.25, 0.3) is 5.89 Å². The van der Waals surface area contributed by atoms with Gasteiger partial charge in [-0.1, -0.05) is 24.2 Å². The molecule has 8 heteroatoms. The first kappa shape index (κ1) is 16.1. The number of sulfone groups is 1. The zero-order valence-corrected chi connectivity index (χ0v) is 13.7. The summed E-state index contributed by atoms with van der Waals surface area (Å²) in [7, 11) is -3.37. The van der Waals surface area contributed by atoms with E-state index in [1.807, 2.05) is 6.92 Å². The fraction of sp³-hybridized carbons (Fsp3) is 0.467. The number of morpholine rings is 1. The fourth-order valence-electron chi connectivity index (χ4n) is 2.51. The molecule has 1 aromatic carbocycles. The predicted molar refractivity (Wildman–Crippen MR) is 83.6 cm³/mol. The third-order valence-corrected chi connectivity index (χ3v) is 5.57. The van der Waals surface area contributed by atoms with Crippen molar-refractivity contribution in [3.8, 4) is 11.5 Å². The molecule has 1 aliphatic heterocycles. The molecular formula is C15H19N3O4S. The highest BCUT2D eigenvalue weighted by molar-refractivity contribution is 7.91. The average molecular weight is 337 g/mol. The number of hydrogen-bond acceptors (Lipinski definition) is 7. The monoisotopic (exact) mass is 337 g/mol. The second-order valence-electron chi connectivity index (χ2n) is 5.35. The van der Waals surface area contributed by atoms with Crippen LogP contribution in [0.5, 0.6) is 0 Å². The summed E-state index contributed by atoms with van der Waals surface area (Å²) in [5.74, 6) is 0.772. The quantitative estimate of drug-likeness (QED) is 0.885. The Bertz CT molecular complexity index is 767. The van der Waals surface area contributed by atoms with Gasteiger partial charge < -0.3 is 14.6 Å². The summed E-state index contributed by atoms with van der Waals surface area (Å²) >= 11 is 0. The van der Waals surface area contributed by atoms with Crippen molar-refractivity contribution in [2.24, 2.45) is 0 Å². The first-order valence-corrected chi connectivity index (χ1v) is 9.24. The van der Waals surface area contributed by atoms with Gasteiger partial charge in [-0.3, -0.25) is 0 Å². The average Bonchev–Trinajstić information content (AvgIpc) is 3.05. The lowest BCUT2D eigenvalue weighted by Crippen LogP contribution is -2.35. The number of benzene rings is 1. The van der Waals surface area contributed by atoms with Crippen LogP contribution in [-0.4, -0.2) is 44.1 Å². The lowest BCUT2D eigenvalue weighted by molar-refractivity contribution is 0.0734. The molecule has 0 radical (unpaired) electrons. The number of nitrogens with one attached hydrogen (secondary N) is 1. The SMILES string of the molecule is CCCS(=O)(=O)c1ccccc1-c1nc(C2COCCN2)no1. The summed E-state index contributed by atoms with van der Waals surface area (Å²) in [5.41, 5.74) is 0.441. The van der Waals surface area contributed by atoms with Crippen LogP contribution in [0.1, 0.15) is 25.2 Å². The van der Waals surface area contributed by atoms with E-state index in [0.717, 1.165) is 6.54 Å². The Morgan fingerprint density at radius 2 is 2.17 bits per heavy atom. The summed E-state index contributed by atoms with van der Waals surface area (Å²) < 4.78 is 35.5. The molecule has 2 aromatic rings. The van der Waals surface area contributed by atoms with Crippen LogP contribution in [0.25, 0.3) is 11.5 Å². The molecule has 3 rings (SSSR count). The maximum absolute atomic E-state index is 12.4. The summed E-state index contributed by atoms with van der Waals surface area (Å²) in [6.45, 7) is 3.67. The van der Waals surface area contributed by atoms with E-state index in [0.29, 0.717) is 31.0 Å². The number of ether oxygens (including phenoxy) is 1. The van der Waals surface area contributed by atoms with E-state index < -0.39 is 9.84 Å². The van der Waals surface area contributed by atoms with Crippen LogP contribution >= 0.6 is 0 Å². The Labute approximate surface area is 135 Å². The highest BCUT2D eigenvalue weighted by Crippen LogP contribution is 2.28. The van der Waals surface area contributed by atoms with E-state index in [1.54, 1.807) is 24.3 Å². The zero-order valence-electron chi connectivity index (χ0n) is 12.9. The zero-order chi connectivity index (χ0) is 16.3. The minimum Gasteiger partial charge on any atom is -0.378 e. The first-order valence-electron chi connectivity index (χ1n) is 7.58. The molecule has 0 saturated carbocycles. The molecule has 23 heavy (non-hydrogen) atoms. The topological polar surface area (TPSA) is 94.3 Å². The van der Waals surface area contributed by atoms with Gasteiger partial charge in [0.1, 0.15) is 0 Å². The summed E-state index contributed by atoms with van der Waals surface area (Å²) in [4.78, 5) is 4.58. The predicted octanol–water partition coefficient (Wildman–Crippen LogP) is 1.58. The van der Waals surface area contributed by atoms with E-state index in [2.05, 4.69) is 15.5 Å². The lowest BCUT2D eigenvalue weighted by Gasteiger charge is -2.20. The smallest absolute Gasteiger partial charge is 0.259 e. The van der Waals surface area contributed by atoms with Crippen LogP contribution < -0.4 is 5.32 Å². The third-order valence-electron chi connectivity index (χ3n) is 3.60. The van der Waals surface area contributed by atoms with Gasteiger partial charge in [-0.25, -0.2) is 8.42 Å². The second-order valence-corrected chi connectivity index (χ2v) is 7.43. The van der Waals surface area contributed by atoms with Crippen LogP contribution in [0.3, 0.4) is 0 Å². The summed E-state index contributed by atoms with van der Waals surface area (Å²) in [6, 6.07) is 6.57. The molecular weight excluding hydrogens is 318 g/mol. The van der Waals surface area contributed by atoms with E-state index in [9.17, 15) is 8.42 Å². The van der Waals surface area contributed by atoms with Gasteiger partial charge in [0.2, 0.25) is 0 Å². The van der Waals surface area contributed by atoms with Crippen molar-refractivity contribution in [2.75, 3.05) is 25.5 Å². The third kappa shape index (κ3) is 3.44. The minimum atomic E-state index is -3.37. The van der Waals surface area contributed by atoms with Crippen LogP contribution in [0.15, 0.2) is 33.7 Å². The molecule has 0 bridgehead atoms. The molecule has 124 valence electrons. The Balaban J connectivity index is 1.95. The molecule has 1 atom stereocenters. The van der Waals surface area contributed by atoms with Gasteiger partial charge in [-0.05, 0) is 18.6 Å². The molecule has 2 heterocycles. The Kier molecular flexibility index (Phi) is 4.74. The van der Waals surface area contributed by atoms with Crippen molar-refractivity contribution in [1.29, 1.82) is 0 Å². The lowest BCUT2D eigenvalue weighted by atomic mass is 10.2. The molecule has 1 saturated heterocycles. The van der Waals surface area contributed by atoms with Crippen LogP contribution in [-0.2, 0) is 14.6 Å². The Morgan fingerprint density at radius 1 is 1.35 bits per heavy atom. The molecule has 1 N–H and O–H groups in total. The van der Waals surface area contributed by atoms with Crippen LogP contribution in [0, 0.1) is 0 Å². The number of nitrogens with zero attached hydrogens (tertiary/aromatic N) is 2. The maximum atomic E-state index is 12.4. The summed E-state index contributed by atoms with van der Waals surface area (Å²) in [6.07, 6.45) is 0.551. The molecule has 7 nitrogen and oxygen atoms in total. The van der Waals surface area contributed by atoms with Crippen molar-refractivity contribution in [1.82, 2.24) is 15.5 Å². The van der Waals surface area contributed by atoms with E-state index in [-0.39, 0.29) is 22.6 Å². The van der Waals surface area contributed by atoms with Crippen molar-refractivity contribution in [3.63, 3.8) is 0 Å². The molecule has 1 fully saturated rings. The van der Waals surface area contributed by atoms with Gasteiger partial charge in [-0.2, -0.15) is 4.98 Å². The normalized spacial score (nSPS) is 18.9. The molecule has 0 aliphatic carbocycles. The summed E-state index contributed by atoms with van der Waals surface area (Å²) in [5, 5.41) is 7.20.